The van der Waals surface area contributed by atoms with Gasteiger partial charge in [0.2, 0.25) is 11.8 Å². The van der Waals surface area contributed by atoms with E-state index in [0.717, 1.165) is 17.1 Å². The van der Waals surface area contributed by atoms with Gasteiger partial charge in [0.15, 0.2) is 0 Å². The van der Waals surface area contributed by atoms with E-state index >= 15 is 0 Å². The van der Waals surface area contributed by atoms with E-state index in [9.17, 15) is 24.0 Å². The van der Waals surface area contributed by atoms with E-state index in [1.54, 1.807) is 0 Å². The van der Waals surface area contributed by atoms with Crippen molar-refractivity contribution < 1.29 is 29.1 Å². The molecule has 1 heterocycles. The van der Waals surface area contributed by atoms with E-state index in [0.29, 0.717) is 0 Å². The van der Waals surface area contributed by atoms with Crippen LogP contribution in [0.2, 0.25) is 0 Å². The standard InChI is InChI=1S/C12H15N3O6.C2H6/c1-7(12(20)21)14-9(17)6-13-8(16)4-5-15-10(18)2-3-11(15)19;1-2/h2-3,7H,4-6H2,1H3,(H,13,16)(H,14,17)(H,20,21);1-2H3. The Morgan fingerprint density at radius 2 is 1.65 bits per heavy atom. The predicted molar refractivity (Wildman–Crippen MR) is 80.1 cm³/mol. The van der Waals surface area contributed by atoms with Gasteiger partial charge in [-0.25, -0.2) is 0 Å². The fourth-order valence-electron chi connectivity index (χ4n) is 1.49. The van der Waals surface area contributed by atoms with Gasteiger partial charge in [0.05, 0.1) is 6.54 Å². The molecule has 0 aromatic carbocycles. The van der Waals surface area contributed by atoms with Gasteiger partial charge in [-0.05, 0) is 6.92 Å². The van der Waals surface area contributed by atoms with Crippen molar-refractivity contribution in [1.82, 2.24) is 15.5 Å². The summed E-state index contributed by atoms with van der Waals surface area (Å²) < 4.78 is 0. The van der Waals surface area contributed by atoms with Gasteiger partial charge in [0.1, 0.15) is 6.04 Å². The Morgan fingerprint density at radius 3 is 2.13 bits per heavy atom. The second kappa shape index (κ2) is 10.1. The zero-order chi connectivity index (χ0) is 18.0. The van der Waals surface area contributed by atoms with Gasteiger partial charge < -0.3 is 15.7 Å². The first-order valence-corrected chi connectivity index (χ1v) is 7.13. The van der Waals surface area contributed by atoms with Crippen LogP contribution in [0.3, 0.4) is 0 Å². The molecule has 0 radical (unpaired) electrons. The van der Waals surface area contributed by atoms with Gasteiger partial charge in [-0.2, -0.15) is 0 Å². The molecule has 0 spiro atoms. The van der Waals surface area contributed by atoms with E-state index in [2.05, 4.69) is 10.6 Å². The third-order valence-corrected chi connectivity index (χ3v) is 2.66. The Kier molecular flexibility index (Phi) is 8.90. The lowest BCUT2D eigenvalue weighted by Gasteiger charge is -2.13. The molecule has 1 unspecified atom stereocenters. The molecule has 23 heavy (non-hydrogen) atoms. The summed E-state index contributed by atoms with van der Waals surface area (Å²) in [4.78, 5) is 56.6. The molecule has 3 N–H and O–H groups in total. The minimum atomic E-state index is -1.19. The van der Waals surface area contributed by atoms with Crippen LogP contribution < -0.4 is 10.6 Å². The Balaban J connectivity index is 0.00000232. The maximum absolute atomic E-state index is 11.5. The molecule has 0 saturated heterocycles. The molecule has 0 fully saturated rings. The number of carbonyl (C=O) groups is 5. The van der Waals surface area contributed by atoms with Crippen LogP contribution in [-0.2, 0) is 24.0 Å². The highest BCUT2D eigenvalue weighted by Gasteiger charge is 2.23. The summed E-state index contributed by atoms with van der Waals surface area (Å²) in [5.41, 5.74) is 0. The van der Waals surface area contributed by atoms with E-state index in [-0.39, 0.29) is 19.5 Å². The quantitative estimate of drug-likeness (QED) is 0.515. The van der Waals surface area contributed by atoms with Crippen molar-refractivity contribution in [3.63, 3.8) is 0 Å². The first kappa shape index (κ1) is 20.3. The molecule has 0 bridgehead atoms. The molecule has 1 aliphatic heterocycles. The summed E-state index contributed by atoms with van der Waals surface area (Å²) in [5, 5.41) is 13.0. The second-order valence-corrected chi connectivity index (χ2v) is 4.32. The summed E-state index contributed by atoms with van der Waals surface area (Å²) >= 11 is 0. The summed E-state index contributed by atoms with van der Waals surface area (Å²) in [7, 11) is 0. The molecule has 4 amide bonds. The van der Waals surface area contributed by atoms with Gasteiger partial charge >= 0.3 is 5.97 Å². The van der Waals surface area contributed by atoms with Crippen LogP contribution in [-0.4, -0.2) is 58.7 Å². The number of carboxylic acid groups (broad SMARTS) is 1. The number of hydrogen-bond donors (Lipinski definition) is 3. The maximum atomic E-state index is 11.5. The molecular formula is C14H21N3O6. The molecule has 0 saturated carbocycles. The monoisotopic (exact) mass is 327 g/mol. The van der Waals surface area contributed by atoms with E-state index in [1.807, 2.05) is 13.8 Å². The number of carboxylic acids is 1. The molecule has 128 valence electrons. The fraction of sp³-hybridized carbons (Fsp3) is 0.500. The SMILES string of the molecule is CC.CC(NC(=O)CNC(=O)CCN1C(=O)C=CC1=O)C(=O)O. The number of nitrogens with one attached hydrogen (secondary N) is 2. The van der Waals surface area contributed by atoms with Crippen molar-refractivity contribution >= 4 is 29.6 Å². The Hall–Kier alpha value is -2.71. The largest absolute Gasteiger partial charge is 0.480 e. The van der Waals surface area contributed by atoms with Gasteiger partial charge in [-0.1, -0.05) is 13.8 Å². The van der Waals surface area contributed by atoms with E-state index in [4.69, 9.17) is 5.11 Å². The van der Waals surface area contributed by atoms with Gasteiger partial charge in [0.25, 0.3) is 11.8 Å². The zero-order valence-corrected chi connectivity index (χ0v) is 13.3. The third kappa shape index (κ3) is 7.21. The lowest BCUT2D eigenvalue weighted by Crippen LogP contribution is -2.44. The first-order valence-electron chi connectivity index (χ1n) is 7.13. The Labute approximate surface area is 133 Å². The number of nitrogens with zero attached hydrogens (tertiary/aromatic N) is 1. The number of rotatable bonds is 7. The van der Waals surface area contributed by atoms with Gasteiger partial charge in [0, 0.05) is 25.1 Å². The van der Waals surface area contributed by atoms with Gasteiger partial charge in [-0.15, -0.1) is 0 Å². The molecular weight excluding hydrogens is 306 g/mol. The van der Waals surface area contributed by atoms with Crippen LogP contribution in [0.5, 0.6) is 0 Å². The Bertz CT molecular complexity index is 497. The van der Waals surface area contributed by atoms with Crippen molar-refractivity contribution in [3.05, 3.63) is 12.2 Å². The smallest absolute Gasteiger partial charge is 0.325 e. The highest BCUT2D eigenvalue weighted by atomic mass is 16.4. The minimum absolute atomic E-state index is 0.0797. The number of amides is 4. The van der Waals surface area contributed by atoms with Crippen molar-refractivity contribution in [1.29, 1.82) is 0 Å². The van der Waals surface area contributed by atoms with E-state index in [1.165, 1.54) is 6.92 Å². The molecule has 9 nitrogen and oxygen atoms in total. The number of imide groups is 1. The Morgan fingerprint density at radius 1 is 1.13 bits per heavy atom. The molecule has 1 aliphatic rings. The molecule has 9 heteroatoms. The highest BCUT2D eigenvalue weighted by Crippen LogP contribution is 2.03. The fourth-order valence-corrected chi connectivity index (χ4v) is 1.49. The van der Waals surface area contributed by atoms with E-state index < -0.39 is 35.6 Å². The summed E-state index contributed by atoms with van der Waals surface area (Å²) in [6.07, 6.45) is 2.09. The first-order chi connectivity index (χ1) is 10.8. The van der Waals surface area contributed by atoms with Crippen LogP contribution in [0.15, 0.2) is 12.2 Å². The molecule has 1 atom stereocenters. The average Bonchev–Trinajstić information content (AvgIpc) is 2.83. The molecule has 0 aromatic heterocycles. The number of hydrogen-bond acceptors (Lipinski definition) is 5. The lowest BCUT2D eigenvalue weighted by atomic mass is 10.3. The van der Waals surface area contributed by atoms with Crippen LogP contribution in [0, 0.1) is 0 Å². The summed E-state index contributed by atoms with van der Waals surface area (Å²) in [6, 6.07) is -1.06. The van der Waals surface area contributed by atoms with Crippen LogP contribution in [0.1, 0.15) is 27.2 Å². The van der Waals surface area contributed by atoms with Crippen LogP contribution in [0.4, 0.5) is 0 Å². The minimum Gasteiger partial charge on any atom is -0.480 e. The molecule has 0 aromatic rings. The molecule has 1 rings (SSSR count). The second-order valence-electron chi connectivity index (χ2n) is 4.32. The highest BCUT2D eigenvalue weighted by molar-refractivity contribution is 6.13. The average molecular weight is 327 g/mol. The third-order valence-electron chi connectivity index (χ3n) is 2.66. The number of aliphatic carboxylic acids is 1. The van der Waals surface area contributed by atoms with Crippen LogP contribution in [0.25, 0.3) is 0 Å². The van der Waals surface area contributed by atoms with Gasteiger partial charge in [-0.3, -0.25) is 28.9 Å². The normalized spacial score (nSPS) is 14.0. The van der Waals surface area contributed by atoms with Crippen molar-refractivity contribution in [2.24, 2.45) is 0 Å². The number of carbonyl (C=O) groups excluding carboxylic acids is 4. The van der Waals surface area contributed by atoms with Crippen LogP contribution >= 0.6 is 0 Å². The zero-order valence-electron chi connectivity index (χ0n) is 13.3. The summed E-state index contributed by atoms with van der Waals surface area (Å²) in [6.45, 7) is 4.83. The maximum Gasteiger partial charge on any atom is 0.325 e. The van der Waals surface area contributed by atoms with Crippen molar-refractivity contribution in [2.75, 3.05) is 13.1 Å². The topological polar surface area (TPSA) is 133 Å². The van der Waals surface area contributed by atoms with Crippen molar-refractivity contribution in [3.8, 4) is 0 Å². The predicted octanol–water partition coefficient (Wildman–Crippen LogP) is -0.967. The summed E-state index contributed by atoms with van der Waals surface area (Å²) in [5.74, 6) is -3.33. The van der Waals surface area contributed by atoms with Crippen molar-refractivity contribution in [2.45, 2.75) is 33.2 Å². The molecule has 0 aliphatic carbocycles. The lowest BCUT2D eigenvalue weighted by molar-refractivity contribution is -0.141.